The van der Waals surface area contributed by atoms with Crippen molar-refractivity contribution in [3.8, 4) is 0 Å². The molecule has 0 amide bonds. The van der Waals surface area contributed by atoms with E-state index in [0.29, 0.717) is 0 Å². The number of nitrogens with zero attached hydrogens (tertiary/aromatic N) is 2. The highest BCUT2D eigenvalue weighted by Crippen LogP contribution is 2.08. The Morgan fingerprint density at radius 1 is 0.929 bits per heavy atom. The molecule has 66 valence electrons. The fourth-order valence-corrected chi connectivity index (χ4v) is 1.69. The highest BCUT2D eigenvalue weighted by molar-refractivity contribution is 5.75. The van der Waals surface area contributed by atoms with E-state index in [0.717, 1.165) is 11.0 Å². The third-order valence-electron chi connectivity index (χ3n) is 2.37. The predicted octanol–water partition coefficient (Wildman–Crippen LogP) is 1.97. The molecule has 2 nitrogen and oxygen atoms in total. The van der Waals surface area contributed by atoms with Crippen LogP contribution in [0.3, 0.4) is 0 Å². The highest BCUT2D eigenvalue weighted by atomic mass is 15.0. The molecule has 2 heterocycles. The summed E-state index contributed by atoms with van der Waals surface area (Å²) in [4.78, 5) is 4.37. The first-order chi connectivity index (χ1) is 6.95. The van der Waals surface area contributed by atoms with Crippen molar-refractivity contribution in [2.45, 2.75) is 0 Å². The molecule has 0 aliphatic heterocycles. The lowest BCUT2D eigenvalue weighted by Crippen LogP contribution is -2.22. The van der Waals surface area contributed by atoms with E-state index in [-0.39, 0.29) is 0 Å². The summed E-state index contributed by atoms with van der Waals surface area (Å²) in [5.74, 6) is 0. The number of fused-ring (bicyclic) bond motifs is 3. The highest BCUT2D eigenvalue weighted by Gasteiger charge is 2.05. The van der Waals surface area contributed by atoms with Gasteiger partial charge in [-0.1, -0.05) is 18.2 Å². The molecular weight excluding hydrogens is 172 g/mol. The zero-order valence-corrected chi connectivity index (χ0v) is 7.59. The van der Waals surface area contributed by atoms with Crippen molar-refractivity contribution >= 4 is 16.6 Å². The molecular formula is C12H9N2+. The average Bonchev–Trinajstić information content (AvgIpc) is 2.29. The van der Waals surface area contributed by atoms with Gasteiger partial charge in [0.05, 0.1) is 11.6 Å². The molecule has 0 fully saturated rings. The molecule has 3 aromatic rings. The molecule has 1 aromatic carbocycles. The van der Waals surface area contributed by atoms with Crippen LogP contribution in [0.25, 0.3) is 16.6 Å². The lowest BCUT2D eigenvalue weighted by atomic mass is 10.2. The Morgan fingerprint density at radius 3 is 2.79 bits per heavy atom. The summed E-state index contributed by atoms with van der Waals surface area (Å²) in [5.41, 5.74) is 2.17. The zero-order valence-electron chi connectivity index (χ0n) is 7.59. The molecule has 0 bridgehead atoms. The van der Waals surface area contributed by atoms with Gasteiger partial charge in [0, 0.05) is 6.07 Å². The van der Waals surface area contributed by atoms with Crippen LogP contribution in [0.5, 0.6) is 0 Å². The Bertz CT molecular complexity index is 547. The molecule has 0 aliphatic carbocycles. The van der Waals surface area contributed by atoms with Crippen LogP contribution < -0.4 is 4.40 Å². The molecule has 0 radical (unpaired) electrons. The molecule has 0 atom stereocenters. The molecule has 0 unspecified atom stereocenters. The summed E-state index contributed by atoms with van der Waals surface area (Å²) in [6, 6.07) is 14.3. The van der Waals surface area contributed by atoms with Crippen LogP contribution in [0.1, 0.15) is 0 Å². The minimum absolute atomic E-state index is 0.978. The van der Waals surface area contributed by atoms with Crippen molar-refractivity contribution in [3.63, 3.8) is 0 Å². The minimum Gasteiger partial charge on any atom is -0.196 e. The predicted molar refractivity (Wildman–Crippen MR) is 54.9 cm³/mol. The van der Waals surface area contributed by atoms with E-state index < -0.39 is 0 Å². The minimum atomic E-state index is 0.978. The Kier molecular flexibility index (Phi) is 1.47. The number of rotatable bonds is 0. The maximum Gasteiger partial charge on any atom is 0.328 e. The van der Waals surface area contributed by atoms with Gasteiger partial charge in [-0.3, -0.25) is 0 Å². The number of hydrogen-bond donors (Lipinski definition) is 0. The van der Waals surface area contributed by atoms with Gasteiger partial charge in [-0.05, 0) is 23.2 Å². The van der Waals surface area contributed by atoms with Gasteiger partial charge in [-0.25, -0.2) is 0 Å². The monoisotopic (exact) mass is 181 g/mol. The fourth-order valence-electron chi connectivity index (χ4n) is 1.69. The van der Waals surface area contributed by atoms with E-state index in [9.17, 15) is 0 Å². The molecule has 0 spiro atoms. The smallest absolute Gasteiger partial charge is 0.196 e. The Labute approximate surface area is 81.5 Å². The van der Waals surface area contributed by atoms with Crippen LogP contribution in [-0.4, -0.2) is 4.98 Å². The number of pyridine rings is 1. The van der Waals surface area contributed by atoms with Gasteiger partial charge in [0.15, 0.2) is 6.20 Å². The number of benzene rings is 1. The van der Waals surface area contributed by atoms with Gasteiger partial charge in [0.2, 0.25) is 0 Å². The second kappa shape index (κ2) is 2.77. The maximum absolute atomic E-state index is 4.37. The summed E-state index contributed by atoms with van der Waals surface area (Å²) >= 11 is 0. The van der Waals surface area contributed by atoms with Gasteiger partial charge in [-0.15, -0.1) is 0 Å². The summed E-state index contributed by atoms with van der Waals surface area (Å²) in [6.45, 7) is 0. The second-order valence-corrected chi connectivity index (χ2v) is 3.25. The number of aromatic nitrogens is 2. The summed E-state index contributed by atoms with van der Waals surface area (Å²) in [5, 5.41) is 1.16. The van der Waals surface area contributed by atoms with E-state index in [1.165, 1.54) is 5.52 Å². The van der Waals surface area contributed by atoms with Gasteiger partial charge in [0.25, 0.3) is 0 Å². The quantitative estimate of drug-likeness (QED) is 0.383. The van der Waals surface area contributed by atoms with Gasteiger partial charge < -0.3 is 0 Å². The van der Waals surface area contributed by atoms with Crippen LogP contribution >= 0.6 is 0 Å². The summed E-state index contributed by atoms with van der Waals surface area (Å²) in [7, 11) is 0. The first kappa shape index (κ1) is 7.44. The van der Waals surface area contributed by atoms with Crippen molar-refractivity contribution in [2.24, 2.45) is 0 Å². The Morgan fingerprint density at radius 2 is 1.79 bits per heavy atom. The Balaban J connectivity index is 2.61. The van der Waals surface area contributed by atoms with E-state index in [1.807, 2.05) is 42.7 Å². The standard InChI is InChI=1S/C12H9N2/c1-2-6-11-10(5-1)9-13-12-7-3-4-8-14(11)12/h1-9H/q+1. The summed E-state index contributed by atoms with van der Waals surface area (Å²) < 4.78 is 2.09. The van der Waals surface area contributed by atoms with Crippen molar-refractivity contribution in [2.75, 3.05) is 0 Å². The third-order valence-corrected chi connectivity index (χ3v) is 2.37. The molecule has 0 N–H and O–H groups in total. The second-order valence-electron chi connectivity index (χ2n) is 3.25. The van der Waals surface area contributed by atoms with Crippen molar-refractivity contribution < 1.29 is 4.40 Å². The SMILES string of the molecule is c1ccc2c(c1)cnc1cccc[n+]12. The van der Waals surface area contributed by atoms with Gasteiger partial charge in [-0.2, -0.15) is 4.40 Å². The van der Waals surface area contributed by atoms with Crippen molar-refractivity contribution in [1.29, 1.82) is 0 Å². The molecule has 2 aromatic heterocycles. The normalized spacial score (nSPS) is 10.9. The molecule has 0 saturated carbocycles. The van der Waals surface area contributed by atoms with Crippen LogP contribution in [-0.2, 0) is 0 Å². The van der Waals surface area contributed by atoms with Crippen LogP contribution in [0.2, 0.25) is 0 Å². The van der Waals surface area contributed by atoms with E-state index in [4.69, 9.17) is 0 Å². The van der Waals surface area contributed by atoms with Crippen molar-refractivity contribution in [3.05, 3.63) is 54.9 Å². The first-order valence-electron chi connectivity index (χ1n) is 4.59. The van der Waals surface area contributed by atoms with E-state index >= 15 is 0 Å². The van der Waals surface area contributed by atoms with Gasteiger partial charge >= 0.3 is 5.65 Å². The molecule has 0 saturated heterocycles. The largest absolute Gasteiger partial charge is 0.328 e. The van der Waals surface area contributed by atoms with Gasteiger partial charge in [0.1, 0.15) is 5.52 Å². The third kappa shape index (κ3) is 0.973. The Hall–Kier alpha value is -1.96. The fraction of sp³-hybridized carbons (Fsp3) is 0. The molecule has 14 heavy (non-hydrogen) atoms. The average molecular weight is 181 g/mol. The lowest BCUT2D eigenvalue weighted by molar-refractivity contribution is -0.484. The molecule has 2 heteroatoms. The zero-order chi connectivity index (χ0) is 9.38. The topological polar surface area (TPSA) is 17.0 Å². The van der Waals surface area contributed by atoms with Crippen molar-refractivity contribution in [1.82, 2.24) is 4.98 Å². The van der Waals surface area contributed by atoms with Crippen LogP contribution in [0, 0.1) is 0 Å². The number of para-hydroxylation sites is 1. The summed E-state index contributed by atoms with van der Waals surface area (Å²) in [6.07, 6.45) is 3.94. The van der Waals surface area contributed by atoms with Crippen LogP contribution in [0.4, 0.5) is 0 Å². The number of hydrogen-bond acceptors (Lipinski definition) is 1. The lowest BCUT2D eigenvalue weighted by Gasteiger charge is -1.95. The first-order valence-corrected chi connectivity index (χ1v) is 4.59. The van der Waals surface area contributed by atoms with Crippen LogP contribution in [0.15, 0.2) is 54.9 Å². The van der Waals surface area contributed by atoms with E-state index in [1.54, 1.807) is 0 Å². The molecule has 0 aliphatic rings. The van der Waals surface area contributed by atoms with E-state index in [2.05, 4.69) is 21.5 Å². The maximum atomic E-state index is 4.37. The molecule has 3 rings (SSSR count).